The van der Waals surface area contributed by atoms with Crippen LogP contribution >= 0.6 is 11.3 Å². The number of ether oxygens (including phenoxy) is 1. The average molecular weight is 460 g/mol. The number of hydrogen-bond donors (Lipinski definition) is 3. The Bertz CT molecular complexity index is 1230. The number of carbonyl (C=O) groups excluding carboxylic acids is 1. The number of nitrogens with zero attached hydrogens (tertiary/aromatic N) is 2. The van der Waals surface area contributed by atoms with Crippen LogP contribution in [0.2, 0.25) is 0 Å². The number of nitrogens with one attached hydrogen (secondary N) is 3. The fourth-order valence-corrected chi connectivity index (χ4v) is 5.35. The molecule has 1 aliphatic rings. The van der Waals surface area contributed by atoms with Gasteiger partial charge in [-0.25, -0.2) is 18.4 Å². The van der Waals surface area contributed by atoms with Gasteiger partial charge in [0.25, 0.3) is 5.91 Å². The SMILES string of the molecule is CNCCOc1ccc2nc(NC(=O)C(=N)c3ccc(S(=O)(=O)C4CC4)cc3)sc2n1. The molecule has 1 aromatic carbocycles. The molecule has 3 aromatic rings. The van der Waals surface area contributed by atoms with E-state index >= 15 is 0 Å². The predicted molar refractivity (Wildman–Crippen MR) is 119 cm³/mol. The summed E-state index contributed by atoms with van der Waals surface area (Å²) in [5, 5.41) is 13.8. The predicted octanol–water partition coefficient (Wildman–Crippen LogP) is 2.23. The Morgan fingerprint density at radius 3 is 2.61 bits per heavy atom. The number of carbonyl (C=O) groups is 1. The number of likely N-dealkylation sites (N-methyl/N-ethyl adjacent to an activating group) is 1. The molecule has 3 N–H and O–H groups in total. The van der Waals surface area contributed by atoms with E-state index in [9.17, 15) is 13.2 Å². The van der Waals surface area contributed by atoms with Gasteiger partial charge in [0.15, 0.2) is 15.0 Å². The third-order valence-corrected chi connectivity index (χ3v) is 7.87. The summed E-state index contributed by atoms with van der Waals surface area (Å²) in [5.41, 5.74) is 0.660. The lowest BCUT2D eigenvalue weighted by Gasteiger charge is -2.06. The maximum Gasteiger partial charge on any atom is 0.275 e. The Kier molecular flexibility index (Phi) is 5.99. The maximum atomic E-state index is 12.5. The largest absolute Gasteiger partial charge is 0.476 e. The summed E-state index contributed by atoms with van der Waals surface area (Å²) in [6, 6.07) is 9.32. The van der Waals surface area contributed by atoms with Gasteiger partial charge >= 0.3 is 0 Å². The molecular weight excluding hydrogens is 438 g/mol. The summed E-state index contributed by atoms with van der Waals surface area (Å²) in [5.74, 6) is -0.166. The fourth-order valence-electron chi connectivity index (χ4n) is 2.86. The first-order valence-electron chi connectivity index (χ1n) is 9.67. The van der Waals surface area contributed by atoms with E-state index in [-0.39, 0.29) is 15.9 Å². The van der Waals surface area contributed by atoms with Gasteiger partial charge in [-0.3, -0.25) is 15.5 Å². The number of thiazole rings is 1. The lowest BCUT2D eigenvalue weighted by molar-refractivity contribution is -0.110. The van der Waals surface area contributed by atoms with Crippen LogP contribution < -0.4 is 15.4 Å². The smallest absolute Gasteiger partial charge is 0.275 e. The van der Waals surface area contributed by atoms with Crippen LogP contribution in [-0.2, 0) is 14.6 Å². The first-order chi connectivity index (χ1) is 14.9. The van der Waals surface area contributed by atoms with Gasteiger partial charge in [-0.1, -0.05) is 23.5 Å². The van der Waals surface area contributed by atoms with Crippen LogP contribution in [0.3, 0.4) is 0 Å². The number of sulfone groups is 1. The Balaban J connectivity index is 1.43. The molecule has 9 nitrogen and oxygen atoms in total. The van der Waals surface area contributed by atoms with Crippen molar-refractivity contribution in [2.24, 2.45) is 0 Å². The first kappa shape index (κ1) is 21.3. The fraction of sp³-hybridized carbons (Fsp3) is 0.300. The Labute approximate surface area is 183 Å². The van der Waals surface area contributed by atoms with Gasteiger partial charge in [0.1, 0.15) is 22.7 Å². The molecule has 0 saturated heterocycles. The third kappa shape index (κ3) is 4.73. The molecule has 4 rings (SSSR count). The number of aromatic nitrogens is 2. The number of anilines is 1. The first-order valence-corrected chi connectivity index (χ1v) is 12.0. The molecule has 0 aliphatic heterocycles. The monoisotopic (exact) mass is 459 g/mol. The summed E-state index contributed by atoms with van der Waals surface area (Å²) in [6.45, 7) is 1.18. The van der Waals surface area contributed by atoms with Crippen LogP contribution in [0.15, 0.2) is 41.3 Å². The molecule has 2 heterocycles. The summed E-state index contributed by atoms with van der Waals surface area (Å²) in [7, 11) is -1.47. The molecule has 1 aliphatic carbocycles. The molecule has 11 heteroatoms. The summed E-state index contributed by atoms with van der Waals surface area (Å²) in [6.07, 6.45) is 1.37. The number of pyridine rings is 1. The van der Waals surface area contributed by atoms with Gasteiger partial charge in [0.2, 0.25) is 5.88 Å². The van der Waals surface area contributed by atoms with Gasteiger partial charge in [0, 0.05) is 18.2 Å². The summed E-state index contributed by atoms with van der Waals surface area (Å²) >= 11 is 1.18. The highest BCUT2D eigenvalue weighted by Gasteiger charge is 2.36. The van der Waals surface area contributed by atoms with Crippen molar-refractivity contribution in [3.8, 4) is 5.88 Å². The van der Waals surface area contributed by atoms with Gasteiger partial charge in [-0.15, -0.1) is 0 Å². The number of hydrogen-bond acceptors (Lipinski definition) is 9. The van der Waals surface area contributed by atoms with Crippen molar-refractivity contribution >= 4 is 48.3 Å². The van der Waals surface area contributed by atoms with E-state index in [4.69, 9.17) is 10.1 Å². The molecule has 2 aromatic heterocycles. The Morgan fingerprint density at radius 1 is 1.19 bits per heavy atom. The van der Waals surface area contributed by atoms with Crippen molar-refractivity contribution in [1.82, 2.24) is 15.3 Å². The minimum Gasteiger partial charge on any atom is -0.476 e. The van der Waals surface area contributed by atoms with Gasteiger partial charge in [-0.05, 0) is 38.1 Å². The van der Waals surface area contributed by atoms with Crippen molar-refractivity contribution < 1.29 is 17.9 Å². The number of benzene rings is 1. The molecular formula is C20H21N5O4S2. The van der Waals surface area contributed by atoms with Crippen LogP contribution in [-0.4, -0.2) is 55.5 Å². The second kappa shape index (κ2) is 8.69. The molecule has 0 atom stereocenters. The van der Waals surface area contributed by atoms with E-state index in [0.29, 0.717) is 52.9 Å². The van der Waals surface area contributed by atoms with Crippen LogP contribution in [0, 0.1) is 5.41 Å². The van der Waals surface area contributed by atoms with Crippen molar-refractivity contribution in [2.45, 2.75) is 23.0 Å². The molecule has 0 spiro atoms. The molecule has 1 saturated carbocycles. The van der Waals surface area contributed by atoms with E-state index in [1.165, 1.54) is 35.6 Å². The number of rotatable bonds is 9. The van der Waals surface area contributed by atoms with E-state index < -0.39 is 15.7 Å². The summed E-state index contributed by atoms with van der Waals surface area (Å²) in [4.78, 5) is 22.0. The van der Waals surface area contributed by atoms with Crippen molar-refractivity contribution in [3.05, 3.63) is 42.0 Å². The van der Waals surface area contributed by atoms with Crippen LogP contribution in [0.1, 0.15) is 18.4 Å². The highest BCUT2D eigenvalue weighted by atomic mass is 32.2. The van der Waals surface area contributed by atoms with Crippen molar-refractivity contribution in [1.29, 1.82) is 5.41 Å². The van der Waals surface area contributed by atoms with Crippen LogP contribution in [0.5, 0.6) is 5.88 Å². The molecule has 31 heavy (non-hydrogen) atoms. The zero-order valence-corrected chi connectivity index (χ0v) is 18.3. The quantitative estimate of drug-likeness (QED) is 0.330. The van der Waals surface area contributed by atoms with Crippen LogP contribution in [0.25, 0.3) is 10.3 Å². The standard InChI is InChI=1S/C20H21N5O4S2/c1-22-10-11-29-16-9-8-15-19(24-16)30-20(23-15)25-18(26)17(21)12-2-4-13(5-3-12)31(27,28)14-6-7-14/h2-5,8-9,14,21-22H,6-7,10-11H2,1H3,(H,23,25,26). The average Bonchev–Trinajstić information content (AvgIpc) is 3.55. The molecule has 1 fully saturated rings. The zero-order valence-electron chi connectivity index (χ0n) is 16.7. The second-order valence-electron chi connectivity index (χ2n) is 7.04. The maximum absolute atomic E-state index is 12.5. The van der Waals surface area contributed by atoms with Gasteiger partial charge in [0.05, 0.1) is 10.1 Å². The Hall–Kier alpha value is -2.89. The Morgan fingerprint density at radius 2 is 1.94 bits per heavy atom. The normalized spacial score (nSPS) is 13.8. The molecule has 0 radical (unpaired) electrons. The van der Waals surface area contributed by atoms with E-state index in [1.807, 2.05) is 7.05 Å². The molecule has 0 bridgehead atoms. The molecule has 0 unspecified atom stereocenters. The van der Waals surface area contributed by atoms with Crippen molar-refractivity contribution in [2.75, 3.05) is 25.5 Å². The van der Waals surface area contributed by atoms with Gasteiger partial charge in [-0.2, -0.15) is 0 Å². The minimum absolute atomic E-state index is 0.219. The minimum atomic E-state index is -3.30. The lowest BCUT2D eigenvalue weighted by atomic mass is 10.1. The molecule has 1 amide bonds. The van der Waals surface area contributed by atoms with E-state index in [2.05, 4.69) is 20.6 Å². The highest BCUT2D eigenvalue weighted by Crippen LogP contribution is 2.33. The van der Waals surface area contributed by atoms with E-state index in [0.717, 1.165) is 0 Å². The second-order valence-corrected chi connectivity index (χ2v) is 10.2. The molecule has 162 valence electrons. The number of amides is 1. The summed E-state index contributed by atoms with van der Waals surface area (Å²) < 4.78 is 30.1. The lowest BCUT2D eigenvalue weighted by Crippen LogP contribution is -2.22. The topological polar surface area (TPSA) is 134 Å². The third-order valence-electron chi connectivity index (χ3n) is 4.71. The van der Waals surface area contributed by atoms with Crippen LogP contribution in [0.4, 0.5) is 5.13 Å². The zero-order chi connectivity index (χ0) is 22.0. The van der Waals surface area contributed by atoms with Crippen molar-refractivity contribution in [3.63, 3.8) is 0 Å². The van der Waals surface area contributed by atoms with E-state index in [1.54, 1.807) is 12.1 Å². The number of fused-ring (bicyclic) bond motifs is 1. The van der Waals surface area contributed by atoms with Gasteiger partial charge < -0.3 is 10.1 Å². The highest BCUT2D eigenvalue weighted by molar-refractivity contribution is 7.92.